The lowest BCUT2D eigenvalue weighted by Gasteiger charge is -2.29. The van der Waals surface area contributed by atoms with Crippen LogP contribution in [0.15, 0.2) is 30.3 Å². The first-order chi connectivity index (χ1) is 16.2. The van der Waals surface area contributed by atoms with Gasteiger partial charge in [-0.2, -0.15) is 13.5 Å². The van der Waals surface area contributed by atoms with Crippen LogP contribution in [0, 0.1) is 0 Å². The van der Waals surface area contributed by atoms with E-state index >= 15 is 0 Å². The fourth-order valence-electron chi connectivity index (χ4n) is 3.92. The Morgan fingerprint density at radius 3 is 2.43 bits per heavy atom. The minimum absolute atomic E-state index is 0.0211. The fraction of sp³-hybridized carbons (Fsp3) is 0.524. The number of carbonyl (C=O) groups excluding carboxylic acids is 4. The van der Waals surface area contributed by atoms with Gasteiger partial charge >= 0.3 is 22.5 Å². The zero-order valence-electron chi connectivity index (χ0n) is 19.5. The number of nitrogens with zero attached hydrogens (tertiary/aromatic N) is 2. The molecule has 2 aliphatic rings. The van der Waals surface area contributed by atoms with E-state index < -0.39 is 64.5 Å². The predicted octanol–water partition coefficient (Wildman–Crippen LogP) is 0.941. The third-order valence-corrected chi connectivity index (χ3v) is 5.70. The van der Waals surface area contributed by atoms with Crippen molar-refractivity contribution >= 4 is 34.2 Å². The summed E-state index contributed by atoms with van der Waals surface area (Å²) in [5.41, 5.74) is -0.290. The molecule has 1 unspecified atom stereocenters. The Kier molecular flexibility index (Phi) is 7.67. The van der Waals surface area contributed by atoms with Gasteiger partial charge in [-0.05, 0) is 39.2 Å². The number of benzene rings is 1. The third-order valence-electron chi connectivity index (χ3n) is 5.35. The zero-order chi connectivity index (χ0) is 26.0. The second kappa shape index (κ2) is 10.2. The quantitative estimate of drug-likeness (QED) is 0.429. The molecule has 35 heavy (non-hydrogen) atoms. The van der Waals surface area contributed by atoms with Crippen molar-refractivity contribution < 1.29 is 41.2 Å². The summed E-state index contributed by atoms with van der Waals surface area (Å²) in [5.74, 6) is -1.14. The lowest BCUT2D eigenvalue weighted by molar-refractivity contribution is -0.129. The molecule has 1 aromatic rings. The minimum Gasteiger partial charge on any atom is -0.444 e. The molecule has 0 radical (unpaired) electrons. The number of piperidine rings is 1. The lowest BCUT2D eigenvalue weighted by atomic mass is 9.99. The number of Topliss-reactive ketones (excluding diaryl/α,β-unsaturated/α-hetero) is 1. The van der Waals surface area contributed by atoms with E-state index in [0.717, 1.165) is 4.90 Å². The SMILES string of the molecule is CC(C)(C)OC(=O)NC(C(=O)CNC(=O)[C@@H]1CC[C@@H]2CN1C(=O)N2OS(=O)(=O)O)c1ccccc1. The number of alkyl carbamates (subject to hydrolysis) is 1. The number of rotatable bonds is 8. The molecule has 2 fully saturated rings. The normalized spacial score (nSPS) is 20.9. The number of hydrogen-bond acceptors (Lipinski definition) is 8. The van der Waals surface area contributed by atoms with Crippen molar-refractivity contribution in [3.05, 3.63) is 35.9 Å². The molecule has 2 aliphatic heterocycles. The summed E-state index contributed by atoms with van der Waals surface area (Å²) >= 11 is 0. The molecular weight excluding hydrogens is 484 g/mol. The second-order valence-electron chi connectivity index (χ2n) is 9.18. The molecule has 1 aromatic carbocycles. The van der Waals surface area contributed by atoms with Crippen LogP contribution in [0.5, 0.6) is 0 Å². The molecule has 0 aliphatic carbocycles. The van der Waals surface area contributed by atoms with E-state index in [9.17, 15) is 27.6 Å². The zero-order valence-corrected chi connectivity index (χ0v) is 20.3. The number of carbonyl (C=O) groups is 4. The van der Waals surface area contributed by atoms with Crippen LogP contribution in [-0.2, 0) is 29.0 Å². The van der Waals surface area contributed by atoms with Gasteiger partial charge in [-0.25, -0.2) is 9.59 Å². The molecule has 3 atom stereocenters. The Balaban J connectivity index is 1.65. The van der Waals surface area contributed by atoms with Crippen LogP contribution in [0.25, 0.3) is 0 Å². The van der Waals surface area contributed by atoms with Crippen LogP contribution in [0.1, 0.15) is 45.2 Å². The molecule has 3 N–H and O–H groups in total. The average molecular weight is 513 g/mol. The fourth-order valence-corrected chi connectivity index (χ4v) is 4.31. The number of ketones is 1. The van der Waals surface area contributed by atoms with Crippen molar-refractivity contribution in [2.75, 3.05) is 13.1 Å². The topological polar surface area (TPSA) is 172 Å². The third kappa shape index (κ3) is 6.90. The monoisotopic (exact) mass is 512 g/mol. The molecule has 2 heterocycles. The molecule has 2 saturated heterocycles. The number of fused-ring (bicyclic) bond motifs is 2. The van der Waals surface area contributed by atoms with Gasteiger partial charge in [0.15, 0.2) is 5.78 Å². The summed E-state index contributed by atoms with van der Waals surface area (Å²) in [6, 6.07) is 4.86. The van der Waals surface area contributed by atoms with Crippen LogP contribution in [0.3, 0.4) is 0 Å². The van der Waals surface area contributed by atoms with Gasteiger partial charge in [0.2, 0.25) is 5.91 Å². The molecule has 4 amide bonds. The maximum absolute atomic E-state index is 13.0. The highest BCUT2D eigenvalue weighted by atomic mass is 32.3. The van der Waals surface area contributed by atoms with Crippen LogP contribution in [0.2, 0.25) is 0 Å². The van der Waals surface area contributed by atoms with E-state index in [1.807, 2.05) is 0 Å². The summed E-state index contributed by atoms with van der Waals surface area (Å²) < 4.78 is 40.5. The Morgan fingerprint density at radius 1 is 1.17 bits per heavy atom. The standard InChI is InChI=1S/C21H28N4O9S/c1-21(2,3)33-19(28)23-17(13-7-5-4-6-8-13)16(26)11-22-18(27)15-10-9-14-12-24(15)20(29)25(14)34-35(30,31)32/h4-8,14-15,17H,9-12H2,1-3H3,(H,22,27)(H,23,28)(H,30,31,32)/t14-,15+,17?/m1/s1. The van der Waals surface area contributed by atoms with Crippen LogP contribution < -0.4 is 10.6 Å². The Labute approximate surface area is 202 Å². The molecular formula is C21H28N4O9S. The lowest BCUT2D eigenvalue weighted by Crippen LogP contribution is -2.51. The van der Waals surface area contributed by atoms with Gasteiger partial charge in [0.1, 0.15) is 17.7 Å². The van der Waals surface area contributed by atoms with Crippen LogP contribution >= 0.6 is 0 Å². The van der Waals surface area contributed by atoms with Gasteiger partial charge in [0.25, 0.3) is 0 Å². The molecule has 0 spiro atoms. The molecule has 13 nitrogen and oxygen atoms in total. The first-order valence-corrected chi connectivity index (χ1v) is 12.2. The summed E-state index contributed by atoms with van der Waals surface area (Å²) in [6.07, 6.45) is -0.359. The molecule has 2 bridgehead atoms. The Bertz CT molecular complexity index is 1090. The van der Waals surface area contributed by atoms with E-state index in [1.54, 1.807) is 51.1 Å². The number of amides is 4. The number of urea groups is 1. The van der Waals surface area contributed by atoms with Crippen molar-refractivity contribution in [3.63, 3.8) is 0 Å². The highest BCUT2D eigenvalue weighted by Crippen LogP contribution is 2.30. The summed E-state index contributed by atoms with van der Waals surface area (Å²) in [5, 5.41) is 5.54. The molecule has 14 heteroatoms. The van der Waals surface area contributed by atoms with E-state index in [2.05, 4.69) is 14.9 Å². The maximum atomic E-state index is 13.0. The summed E-state index contributed by atoms with van der Waals surface area (Å²) in [6.45, 7) is 4.63. The smallest absolute Gasteiger partial charge is 0.418 e. The van der Waals surface area contributed by atoms with Crippen molar-refractivity contribution in [2.24, 2.45) is 0 Å². The number of hydroxylamine groups is 2. The van der Waals surface area contributed by atoms with Gasteiger partial charge in [-0.3, -0.25) is 14.1 Å². The summed E-state index contributed by atoms with van der Waals surface area (Å²) in [4.78, 5) is 51.7. The van der Waals surface area contributed by atoms with Gasteiger partial charge < -0.3 is 20.3 Å². The number of ether oxygens (including phenoxy) is 1. The van der Waals surface area contributed by atoms with E-state index in [-0.39, 0.29) is 19.4 Å². The number of hydrogen-bond donors (Lipinski definition) is 3. The minimum atomic E-state index is -4.91. The molecule has 3 rings (SSSR count). The van der Waals surface area contributed by atoms with Gasteiger partial charge in [0, 0.05) is 6.54 Å². The number of nitrogens with one attached hydrogen (secondary N) is 2. The molecule has 0 aromatic heterocycles. The molecule has 192 valence electrons. The predicted molar refractivity (Wildman–Crippen MR) is 120 cm³/mol. The van der Waals surface area contributed by atoms with Gasteiger partial charge in [0.05, 0.1) is 12.6 Å². The van der Waals surface area contributed by atoms with Crippen molar-refractivity contribution in [1.29, 1.82) is 0 Å². The maximum Gasteiger partial charge on any atom is 0.418 e. The van der Waals surface area contributed by atoms with Crippen LogP contribution in [-0.4, -0.2) is 77.5 Å². The summed E-state index contributed by atoms with van der Waals surface area (Å²) in [7, 11) is -4.91. The van der Waals surface area contributed by atoms with Crippen molar-refractivity contribution in [3.8, 4) is 0 Å². The largest absolute Gasteiger partial charge is 0.444 e. The van der Waals surface area contributed by atoms with E-state index in [1.165, 1.54) is 0 Å². The Morgan fingerprint density at radius 2 is 1.83 bits per heavy atom. The first-order valence-electron chi connectivity index (χ1n) is 10.9. The first kappa shape index (κ1) is 26.4. The van der Waals surface area contributed by atoms with E-state index in [0.29, 0.717) is 10.6 Å². The highest BCUT2D eigenvalue weighted by molar-refractivity contribution is 7.80. The van der Waals surface area contributed by atoms with E-state index in [4.69, 9.17) is 9.29 Å². The highest BCUT2D eigenvalue weighted by Gasteiger charge is 2.49. The van der Waals surface area contributed by atoms with Crippen molar-refractivity contribution in [1.82, 2.24) is 20.6 Å². The van der Waals surface area contributed by atoms with Gasteiger partial charge in [-0.15, -0.1) is 4.28 Å². The van der Waals surface area contributed by atoms with Crippen molar-refractivity contribution in [2.45, 2.75) is 57.3 Å². The molecule has 0 saturated carbocycles. The Hall–Kier alpha value is -3.23. The van der Waals surface area contributed by atoms with Gasteiger partial charge in [-0.1, -0.05) is 30.3 Å². The van der Waals surface area contributed by atoms with Crippen LogP contribution in [0.4, 0.5) is 9.59 Å². The average Bonchev–Trinajstić information content (AvgIpc) is 2.98. The second-order valence-corrected chi connectivity index (χ2v) is 10.2.